The van der Waals surface area contributed by atoms with Crippen LogP contribution in [0.2, 0.25) is 0 Å². The lowest BCUT2D eigenvalue weighted by Crippen LogP contribution is -2.01. The van der Waals surface area contributed by atoms with Crippen molar-refractivity contribution in [1.29, 1.82) is 0 Å². The zero-order valence-electron chi connectivity index (χ0n) is 7.76. The fourth-order valence-corrected chi connectivity index (χ4v) is 1.53. The molecule has 0 fully saturated rings. The maximum Gasteiger partial charge on any atom is 0.434 e. The highest BCUT2D eigenvalue weighted by Crippen LogP contribution is 2.16. The summed E-state index contributed by atoms with van der Waals surface area (Å²) in [7, 11) is 1.56. The van der Waals surface area contributed by atoms with Crippen molar-refractivity contribution in [3.8, 4) is 0 Å². The number of carbonyl (C=O) groups excluding carboxylic acids is 1. The number of hydrogen-bond acceptors (Lipinski definition) is 5. The van der Waals surface area contributed by atoms with Gasteiger partial charge in [-0.2, -0.15) is 0 Å². The van der Waals surface area contributed by atoms with Crippen LogP contribution in [0.1, 0.15) is 12.6 Å². The van der Waals surface area contributed by atoms with Crippen molar-refractivity contribution in [3.63, 3.8) is 0 Å². The second-order valence-electron chi connectivity index (χ2n) is 2.65. The summed E-state index contributed by atoms with van der Waals surface area (Å²) < 4.78 is 1.37. The maximum atomic E-state index is 10.7. The predicted molar refractivity (Wildman–Crippen MR) is 51.8 cm³/mol. The van der Waals surface area contributed by atoms with Crippen molar-refractivity contribution >= 4 is 22.8 Å². The first-order chi connectivity index (χ1) is 6.52. The molecule has 76 valence electrons. The van der Waals surface area contributed by atoms with Crippen molar-refractivity contribution in [3.05, 3.63) is 22.0 Å². The molecule has 0 aliphatic carbocycles. The Balaban J connectivity index is 2.79. The van der Waals surface area contributed by atoms with E-state index in [1.807, 2.05) is 0 Å². The van der Waals surface area contributed by atoms with Crippen molar-refractivity contribution in [2.45, 2.75) is 12.7 Å². The first-order valence-electron chi connectivity index (χ1n) is 3.80. The number of imidazole rings is 1. The van der Waals surface area contributed by atoms with Crippen LogP contribution in [0.5, 0.6) is 0 Å². The van der Waals surface area contributed by atoms with Gasteiger partial charge in [0.05, 0.1) is 12.8 Å². The smallest absolute Gasteiger partial charge is 0.390 e. The Morgan fingerprint density at radius 3 is 2.86 bits per heavy atom. The minimum absolute atomic E-state index is 0.0196. The van der Waals surface area contributed by atoms with Crippen molar-refractivity contribution in [1.82, 2.24) is 9.55 Å². The number of carbonyl (C=O) groups is 1. The Kier molecular flexibility index (Phi) is 3.23. The Labute approximate surface area is 84.5 Å². The zero-order valence-corrected chi connectivity index (χ0v) is 8.58. The van der Waals surface area contributed by atoms with E-state index in [-0.39, 0.29) is 11.1 Å². The van der Waals surface area contributed by atoms with Gasteiger partial charge in [-0.1, -0.05) is 16.7 Å². The molecule has 6 nitrogen and oxygen atoms in total. The number of aromatic nitrogens is 2. The second-order valence-corrected chi connectivity index (χ2v) is 3.80. The SMILES string of the molecule is CC(=O)SCc1cnc([N+](=O)[O-])n1C. The van der Waals surface area contributed by atoms with Crippen LogP contribution in [0, 0.1) is 10.1 Å². The zero-order chi connectivity index (χ0) is 10.7. The Hall–Kier alpha value is -1.37. The van der Waals surface area contributed by atoms with Gasteiger partial charge < -0.3 is 10.1 Å². The predicted octanol–water partition coefficient (Wildman–Crippen LogP) is 1.11. The van der Waals surface area contributed by atoms with Gasteiger partial charge in [-0.25, -0.2) is 4.57 Å². The third-order valence-electron chi connectivity index (χ3n) is 1.65. The molecule has 1 rings (SSSR count). The molecule has 0 aromatic carbocycles. The lowest BCUT2D eigenvalue weighted by Gasteiger charge is -1.97. The Morgan fingerprint density at radius 2 is 2.43 bits per heavy atom. The first kappa shape index (κ1) is 10.7. The molecule has 7 heteroatoms. The summed E-state index contributed by atoms with van der Waals surface area (Å²) in [4.78, 5) is 24.2. The highest BCUT2D eigenvalue weighted by atomic mass is 32.2. The third-order valence-corrected chi connectivity index (χ3v) is 2.49. The fourth-order valence-electron chi connectivity index (χ4n) is 0.913. The molecular weight excluding hydrogens is 206 g/mol. The van der Waals surface area contributed by atoms with E-state index in [1.54, 1.807) is 7.05 Å². The largest absolute Gasteiger partial charge is 0.434 e. The van der Waals surface area contributed by atoms with E-state index in [0.29, 0.717) is 11.4 Å². The maximum absolute atomic E-state index is 10.7. The van der Waals surface area contributed by atoms with Crippen LogP contribution in [0.25, 0.3) is 0 Å². The highest BCUT2D eigenvalue weighted by molar-refractivity contribution is 8.12. The van der Waals surface area contributed by atoms with Crippen LogP contribution in [0.4, 0.5) is 5.95 Å². The van der Waals surface area contributed by atoms with E-state index in [2.05, 4.69) is 4.98 Å². The van der Waals surface area contributed by atoms with Gasteiger partial charge in [0.2, 0.25) is 0 Å². The molecule has 0 aliphatic rings. The summed E-state index contributed by atoms with van der Waals surface area (Å²) in [6.07, 6.45) is 1.41. The van der Waals surface area contributed by atoms with Gasteiger partial charge in [0.15, 0.2) is 5.12 Å². The molecule has 0 radical (unpaired) electrons. The average molecular weight is 215 g/mol. The van der Waals surface area contributed by atoms with Crippen LogP contribution in [-0.2, 0) is 17.6 Å². The molecule has 0 saturated carbocycles. The molecule has 1 aromatic rings. The first-order valence-corrected chi connectivity index (χ1v) is 4.79. The summed E-state index contributed by atoms with van der Waals surface area (Å²) in [5.74, 6) is 0.205. The van der Waals surface area contributed by atoms with Crippen LogP contribution in [0.15, 0.2) is 6.20 Å². The lowest BCUT2D eigenvalue weighted by atomic mass is 10.5. The van der Waals surface area contributed by atoms with E-state index < -0.39 is 4.92 Å². The molecule has 0 N–H and O–H groups in total. The number of thioether (sulfide) groups is 1. The number of hydrogen-bond donors (Lipinski definition) is 0. The summed E-state index contributed by atoms with van der Waals surface area (Å²) in [5.41, 5.74) is 0.664. The summed E-state index contributed by atoms with van der Waals surface area (Å²) in [6.45, 7) is 1.45. The molecule has 0 bridgehead atoms. The molecule has 0 amide bonds. The minimum Gasteiger partial charge on any atom is -0.390 e. The van der Waals surface area contributed by atoms with Crippen LogP contribution < -0.4 is 0 Å². The third kappa shape index (κ3) is 2.32. The van der Waals surface area contributed by atoms with Gasteiger partial charge in [-0.15, -0.1) is 0 Å². The normalized spacial score (nSPS) is 10.1. The Bertz CT molecular complexity index is 374. The fraction of sp³-hybridized carbons (Fsp3) is 0.429. The van der Waals surface area contributed by atoms with Gasteiger partial charge >= 0.3 is 5.95 Å². The molecule has 1 heterocycles. The van der Waals surface area contributed by atoms with Gasteiger partial charge in [0, 0.05) is 6.92 Å². The van der Waals surface area contributed by atoms with E-state index >= 15 is 0 Å². The molecular formula is C7H9N3O3S. The van der Waals surface area contributed by atoms with Crippen LogP contribution in [0.3, 0.4) is 0 Å². The van der Waals surface area contributed by atoms with E-state index in [4.69, 9.17) is 0 Å². The van der Waals surface area contributed by atoms with Gasteiger partial charge in [0.1, 0.15) is 11.9 Å². The highest BCUT2D eigenvalue weighted by Gasteiger charge is 2.17. The number of nitrogens with zero attached hydrogens (tertiary/aromatic N) is 3. The average Bonchev–Trinajstić information content (AvgIpc) is 2.43. The topological polar surface area (TPSA) is 78.0 Å². The molecule has 14 heavy (non-hydrogen) atoms. The van der Waals surface area contributed by atoms with Crippen molar-refractivity contribution in [2.24, 2.45) is 7.05 Å². The summed E-state index contributed by atoms with van der Waals surface area (Å²) >= 11 is 1.10. The number of rotatable bonds is 3. The molecule has 0 spiro atoms. The lowest BCUT2D eigenvalue weighted by molar-refractivity contribution is -0.396. The van der Waals surface area contributed by atoms with E-state index in [1.165, 1.54) is 17.7 Å². The van der Waals surface area contributed by atoms with Crippen LogP contribution >= 0.6 is 11.8 Å². The Morgan fingerprint density at radius 1 is 1.79 bits per heavy atom. The minimum atomic E-state index is -0.554. The molecule has 1 aromatic heterocycles. The quantitative estimate of drug-likeness (QED) is 0.557. The van der Waals surface area contributed by atoms with Crippen molar-refractivity contribution < 1.29 is 9.72 Å². The van der Waals surface area contributed by atoms with Gasteiger partial charge in [-0.3, -0.25) is 4.79 Å². The molecule has 0 saturated heterocycles. The van der Waals surface area contributed by atoms with Crippen molar-refractivity contribution in [2.75, 3.05) is 0 Å². The summed E-state index contributed by atoms with van der Waals surface area (Å²) in [5, 5.41) is 10.4. The van der Waals surface area contributed by atoms with E-state index in [0.717, 1.165) is 11.8 Å². The van der Waals surface area contributed by atoms with E-state index in [9.17, 15) is 14.9 Å². The number of nitro groups is 1. The monoisotopic (exact) mass is 215 g/mol. The standard InChI is InChI=1S/C7H9N3O3S/c1-5(11)14-4-6-3-8-7(9(6)2)10(12)13/h3H,4H2,1-2H3. The van der Waals surface area contributed by atoms with Crippen LogP contribution in [-0.4, -0.2) is 19.6 Å². The van der Waals surface area contributed by atoms with Gasteiger partial charge in [0.25, 0.3) is 0 Å². The molecule has 0 aliphatic heterocycles. The second kappa shape index (κ2) is 4.23. The van der Waals surface area contributed by atoms with Gasteiger partial charge in [-0.05, 0) is 4.92 Å². The summed E-state index contributed by atoms with van der Waals surface area (Å²) in [6, 6.07) is 0. The molecule has 0 unspecified atom stereocenters. The molecule has 0 atom stereocenters.